The summed E-state index contributed by atoms with van der Waals surface area (Å²) < 4.78 is 5.60. The third-order valence-electron chi connectivity index (χ3n) is 5.01. The molecule has 23 heavy (non-hydrogen) atoms. The van der Waals surface area contributed by atoms with Crippen LogP contribution in [-0.4, -0.2) is 52.9 Å². The maximum Gasteiger partial charge on any atom is 0.222 e. The van der Waals surface area contributed by atoms with Crippen molar-refractivity contribution >= 4 is 5.91 Å². The van der Waals surface area contributed by atoms with E-state index in [0.29, 0.717) is 57.2 Å². The van der Waals surface area contributed by atoms with E-state index in [2.05, 4.69) is 0 Å². The van der Waals surface area contributed by atoms with Gasteiger partial charge < -0.3 is 19.8 Å². The number of fused-ring (bicyclic) bond motifs is 1. The lowest BCUT2D eigenvalue weighted by Gasteiger charge is -2.31. The number of rotatable bonds is 5. The normalized spacial score (nSPS) is 30.1. The molecule has 1 aromatic rings. The highest BCUT2D eigenvalue weighted by Crippen LogP contribution is 2.36. The molecule has 0 bridgehead atoms. The minimum absolute atomic E-state index is 0.153. The van der Waals surface area contributed by atoms with E-state index in [9.17, 15) is 15.0 Å². The second-order valence-corrected chi connectivity index (χ2v) is 6.69. The number of hydrogen-bond acceptors (Lipinski definition) is 4. The van der Waals surface area contributed by atoms with Crippen LogP contribution in [0.1, 0.15) is 25.7 Å². The minimum Gasteiger partial charge on any atom is -0.494 e. The fourth-order valence-corrected chi connectivity index (χ4v) is 3.70. The first-order valence-corrected chi connectivity index (χ1v) is 8.45. The molecule has 2 aliphatic rings. The number of aliphatic hydroxyl groups excluding tert-OH is 2. The van der Waals surface area contributed by atoms with Gasteiger partial charge in [0.15, 0.2) is 0 Å². The molecule has 5 heteroatoms. The van der Waals surface area contributed by atoms with Gasteiger partial charge in [0.25, 0.3) is 0 Å². The van der Waals surface area contributed by atoms with E-state index >= 15 is 0 Å². The average molecular weight is 319 g/mol. The molecular weight excluding hydrogens is 294 g/mol. The molecule has 4 atom stereocenters. The molecule has 1 saturated heterocycles. The van der Waals surface area contributed by atoms with Crippen LogP contribution in [-0.2, 0) is 4.79 Å². The first kappa shape index (κ1) is 16.3. The molecule has 1 saturated carbocycles. The monoisotopic (exact) mass is 319 g/mol. The zero-order valence-electron chi connectivity index (χ0n) is 13.3. The summed E-state index contributed by atoms with van der Waals surface area (Å²) in [4.78, 5) is 14.2. The number of carbonyl (C=O) groups is 1. The second-order valence-electron chi connectivity index (χ2n) is 6.69. The molecule has 0 unspecified atom stereocenters. The topological polar surface area (TPSA) is 70.0 Å². The van der Waals surface area contributed by atoms with Gasteiger partial charge in [0.2, 0.25) is 5.91 Å². The zero-order valence-corrected chi connectivity index (χ0v) is 13.3. The molecule has 1 aromatic carbocycles. The molecule has 1 aliphatic carbocycles. The van der Waals surface area contributed by atoms with Gasteiger partial charge in [0.05, 0.1) is 18.8 Å². The Morgan fingerprint density at radius 1 is 1.09 bits per heavy atom. The summed E-state index contributed by atoms with van der Waals surface area (Å²) >= 11 is 0. The molecule has 126 valence electrons. The fraction of sp³-hybridized carbons (Fsp3) is 0.611. The highest BCUT2D eigenvalue weighted by Gasteiger charge is 2.42. The number of benzene rings is 1. The van der Waals surface area contributed by atoms with Crippen molar-refractivity contribution in [1.29, 1.82) is 0 Å². The van der Waals surface area contributed by atoms with Crippen LogP contribution in [0.4, 0.5) is 0 Å². The van der Waals surface area contributed by atoms with E-state index in [1.165, 1.54) is 0 Å². The van der Waals surface area contributed by atoms with Crippen LogP contribution < -0.4 is 4.74 Å². The van der Waals surface area contributed by atoms with Crippen molar-refractivity contribution in [3.05, 3.63) is 30.3 Å². The maximum atomic E-state index is 12.3. The Bertz CT molecular complexity index is 503. The van der Waals surface area contributed by atoms with Gasteiger partial charge >= 0.3 is 0 Å². The van der Waals surface area contributed by atoms with E-state index in [1.54, 1.807) is 0 Å². The lowest BCUT2D eigenvalue weighted by atomic mass is 9.79. The average Bonchev–Trinajstić information content (AvgIpc) is 2.95. The molecule has 0 radical (unpaired) electrons. The number of aliphatic hydroxyl groups is 2. The molecule has 2 N–H and O–H groups in total. The Labute approximate surface area is 136 Å². The third kappa shape index (κ3) is 4.03. The Kier molecular flexibility index (Phi) is 5.18. The van der Waals surface area contributed by atoms with Crippen LogP contribution in [0.15, 0.2) is 30.3 Å². The van der Waals surface area contributed by atoms with Crippen LogP contribution in [0.5, 0.6) is 5.75 Å². The van der Waals surface area contributed by atoms with Crippen molar-refractivity contribution in [2.75, 3.05) is 19.7 Å². The number of carbonyl (C=O) groups excluding carboxylic acids is 1. The molecule has 1 amide bonds. The Morgan fingerprint density at radius 2 is 1.70 bits per heavy atom. The van der Waals surface area contributed by atoms with Crippen LogP contribution in [0.2, 0.25) is 0 Å². The summed E-state index contributed by atoms with van der Waals surface area (Å²) in [6.45, 7) is 1.97. The van der Waals surface area contributed by atoms with E-state index in [1.807, 2.05) is 35.2 Å². The molecule has 5 nitrogen and oxygen atoms in total. The van der Waals surface area contributed by atoms with Gasteiger partial charge in [0.1, 0.15) is 5.75 Å². The van der Waals surface area contributed by atoms with Crippen molar-refractivity contribution in [1.82, 2.24) is 4.90 Å². The van der Waals surface area contributed by atoms with Gasteiger partial charge in [0, 0.05) is 19.5 Å². The predicted octanol–water partition coefficient (Wildman–Crippen LogP) is 1.44. The molecule has 1 aliphatic heterocycles. The lowest BCUT2D eigenvalue weighted by molar-refractivity contribution is -0.130. The van der Waals surface area contributed by atoms with Crippen molar-refractivity contribution in [2.24, 2.45) is 11.8 Å². The summed E-state index contributed by atoms with van der Waals surface area (Å²) in [5.41, 5.74) is 0. The Balaban J connectivity index is 1.39. The van der Waals surface area contributed by atoms with Gasteiger partial charge in [-0.3, -0.25) is 4.79 Å². The number of nitrogens with zero attached hydrogens (tertiary/aromatic N) is 1. The molecule has 1 heterocycles. The molecule has 3 rings (SSSR count). The van der Waals surface area contributed by atoms with Gasteiger partial charge in [-0.2, -0.15) is 0 Å². The largest absolute Gasteiger partial charge is 0.494 e. The number of hydrogen-bond donors (Lipinski definition) is 2. The summed E-state index contributed by atoms with van der Waals surface area (Å²) in [5, 5.41) is 19.5. The first-order chi connectivity index (χ1) is 11.1. The summed E-state index contributed by atoms with van der Waals surface area (Å²) in [6.07, 6.45) is 1.12. The smallest absolute Gasteiger partial charge is 0.222 e. The Hall–Kier alpha value is -1.59. The van der Waals surface area contributed by atoms with Crippen molar-refractivity contribution in [2.45, 2.75) is 37.9 Å². The lowest BCUT2D eigenvalue weighted by Crippen LogP contribution is -2.38. The number of para-hydroxylation sites is 1. The van der Waals surface area contributed by atoms with E-state index < -0.39 is 12.2 Å². The van der Waals surface area contributed by atoms with Crippen molar-refractivity contribution in [3.63, 3.8) is 0 Å². The Morgan fingerprint density at radius 3 is 2.30 bits per heavy atom. The van der Waals surface area contributed by atoms with E-state index in [-0.39, 0.29) is 5.91 Å². The van der Waals surface area contributed by atoms with E-state index in [4.69, 9.17) is 4.74 Å². The molecule has 0 aromatic heterocycles. The molecular formula is C18H25NO4. The van der Waals surface area contributed by atoms with Crippen LogP contribution in [0, 0.1) is 11.8 Å². The molecule has 0 spiro atoms. The maximum absolute atomic E-state index is 12.3. The second kappa shape index (κ2) is 7.32. The standard InChI is InChI=1S/C18H25NO4/c20-16-9-13-11-19(12-14(13)10-17(16)21)18(22)7-4-8-23-15-5-2-1-3-6-15/h1-3,5-6,13-14,16-17,20-21H,4,7-12H2/t13-,14+,16+,17-. The van der Waals surface area contributed by atoms with Crippen LogP contribution in [0.25, 0.3) is 0 Å². The highest BCUT2D eigenvalue weighted by atomic mass is 16.5. The van der Waals surface area contributed by atoms with Crippen molar-refractivity contribution in [3.8, 4) is 5.75 Å². The number of amides is 1. The minimum atomic E-state index is -0.634. The SMILES string of the molecule is O=C(CCCOc1ccccc1)N1C[C@H]2C[C@H](O)[C@H](O)C[C@H]2C1. The summed E-state index contributed by atoms with van der Waals surface area (Å²) in [7, 11) is 0. The highest BCUT2D eigenvalue weighted by molar-refractivity contribution is 5.76. The summed E-state index contributed by atoms with van der Waals surface area (Å²) in [5.74, 6) is 1.64. The van der Waals surface area contributed by atoms with Gasteiger partial charge in [-0.1, -0.05) is 18.2 Å². The summed E-state index contributed by atoms with van der Waals surface area (Å²) in [6, 6.07) is 9.61. The van der Waals surface area contributed by atoms with E-state index in [0.717, 1.165) is 5.75 Å². The predicted molar refractivity (Wildman–Crippen MR) is 86.0 cm³/mol. The number of ether oxygens (including phenoxy) is 1. The van der Waals surface area contributed by atoms with Gasteiger partial charge in [-0.15, -0.1) is 0 Å². The van der Waals surface area contributed by atoms with Crippen LogP contribution >= 0.6 is 0 Å². The fourth-order valence-electron chi connectivity index (χ4n) is 3.70. The number of likely N-dealkylation sites (tertiary alicyclic amines) is 1. The van der Waals surface area contributed by atoms with Gasteiger partial charge in [-0.25, -0.2) is 0 Å². The van der Waals surface area contributed by atoms with Crippen LogP contribution in [0.3, 0.4) is 0 Å². The zero-order chi connectivity index (χ0) is 16.2. The third-order valence-corrected chi connectivity index (χ3v) is 5.01. The van der Waals surface area contributed by atoms with Crippen molar-refractivity contribution < 1.29 is 19.7 Å². The molecule has 2 fully saturated rings. The first-order valence-electron chi connectivity index (χ1n) is 8.45. The quantitative estimate of drug-likeness (QED) is 0.806. The van der Waals surface area contributed by atoms with Gasteiger partial charge in [-0.05, 0) is 43.2 Å².